The molecule has 0 saturated carbocycles. The van der Waals surface area contributed by atoms with E-state index in [1.54, 1.807) is 51.1 Å². The van der Waals surface area contributed by atoms with Crippen molar-refractivity contribution in [2.24, 2.45) is 0 Å². The van der Waals surface area contributed by atoms with Gasteiger partial charge < -0.3 is 10.2 Å². The highest BCUT2D eigenvalue weighted by Crippen LogP contribution is 2.28. The molecule has 0 fully saturated rings. The van der Waals surface area contributed by atoms with E-state index in [1.165, 1.54) is 47.4 Å². The number of aryl methyl sites for hydroxylation is 1. The molecule has 0 bridgehead atoms. The zero-order valence-corrected chi connectivity index (χ0v) is 23.1. The highest BCUT2D eigenvalue weighted by atomic mass is 35.5. The lowest BCUT2D eigenvalue weighted by Gasteiger charge is -2.33. The average Bonchev–Trinajstić information content (AvgIpc) is 2.90. The van der Waals surface area contributed by atoms with Crippen LogP contribution in [0.1, 0.15) is 31.4 Å². The first-order chi connectivity index (χ1) is 18.1. The van der Waals surface area contributed by atoms with Crippen LogP contribution in [0.2, 0.25) is 5.02 Å². The number of carbonyl (C=O) groups is 2. The van der Waals surface area contributed by atoms with Crippen LogP contribution in [0, 0.1) is 12.7 Å². The zero-order valence-electron chi connectivity index (χ0n) is 21.5. The Bertz CT molecular complexity index is 1370. The zero-order chi connectivity index (χ0) is 27.9. The molecule has 0 saturated heterocycles. The van der Waals surface area contributed by atoms with Crippen LogP contribution < -0.4 is 9.62 Å². The van der Waals surface area contributed by atoms with Gasteiger partial charge >= 0.3 is 0 Å². The molecule has 0 aliphatic carbocycles. The maximum Gasteiger partial charge on any atom is 0.264 e. The van der Waals surface area contributed by atoms with E-state index in [0.29, 0.717) is 23.6 Å². The molecule has 0 heterocycles. The van der Waals surface area contributed by atoms with Crippen molar-refractivity contribution in [3.63, 3.8) is 0 Å². The van der Waals surface area contributed by atoms with Crippen molar-refractivity contribution in [2.45, 2.75) is 44.7 Å². The van der Waals surface area contributed by atoms with Crippen LogP contribution in [0.3, 0.4) is 0 Å². The summed E-state index contributed by atoms with van der Waals surface area (Å²) in [6, 6.07) is 17.3. The number of benzene rings is 3. The fraction of sp³-hybridized carbons (Fsp3) is 0.286. The smallest absolute Gasteiger partial charge is 0.264 e. The Morgan fingerprint density at radius 2 is 1.66 bits per heavy atom. The molecule has 202 valence electrons. The van der Waals surface area contributed by atoms with Crippen LogP contribution in [0.25, 0.3) is 0 Å². The third kappa shape index (κ3) is 6.90. The molecule has 3 aromatic rings. The van der Waals surface area contributed by atoms with Gasteiger partial charge in [-0.3, -0.25) is 13.9 Å². The third-order valence-electron chi connectivity index (χ3n) is 6.06. The number of sulfonamides is 1. The summed E-state index contributed by atoms with van der Waals surface area (Å²) in [5, 5.41) is 3.09. The van der Waals surface area contributed by atoms with E-state index in [4.69, 9.17) is 11.6 Å². The van der Waals surface area contributed by atoms with E-state index in [2.05, 4.69) is 5.32 Å². The summed E-state index contributed by atoms with van der Waals surface area (Å²) >= 11 is 6.32. The van der Waals surface area contributed by atoms with E-state index >= 15 is 0 Å². The number of halogens is 2. The molecule has 0 spiro atoms. The number of carbonyl (C=O) groups excluding carboxylic acids is 2. The number of anilines is 1. The molecule has 0 unspecified atom stereocenters. The normalized spacial score (nSPS) is 12.0. The lowest BCUT2D eigenvalue weighted by Crippen LogP contribution is -2.52. The minimum absolute atomic E-state index is 0.00495. The second-order valence-electron chi connectivity index (χ2n) is 8.72. The van der Waals surface area contributed by atoms with E-state index < -0.39 is 34.3 Å². The molecular formula is C28H31ClFN3O4S. The van der Waals surface area contributed by atoms with Crippen LogP contribution in [0.5, 0.6) is 0 Å². The van der Waals surface area contributed by atoms with Crippen molar-refractivity contribution in [3.8, 4) is 0 Å². The fourth-order valence-corrected chi connectivity index (χ4v) is 5.59. The maximum absolute atomic E-state index is 13.9. The Labute approximate surface area is 228 Å². The van der Waals surface area contributed by atoms with Crippen LogP contribution in [0.4, 0.5) is 10.1 Å². The Morgan fingerprint density at radius 3 is 2.24 bits per heavy atom. The molecule has 7 nitrogen and oxygen atoms in total. The van der Waals surface area contributed by atoms with Gasteiger partial charge in [0.15, 0.2) is 0 Å². The van der Waals surface area contributed by atoms with Gasteiger partial charge in [-0.2, -0.15) is 0 Å². The molecule has 2 amide bonds. The summed E-state index contributed by atoms with van der Waals surface area (Å²) in [4.78, 5) is 28.1. The van der Waals surface area contributed by atoms with E-state index in [1.807, 2.05) is 0 Å². The molecule has 0 aliphatic heterocycles. The summed E-state index contributed by atoms with van der Waals surface area (Å²) in [6.07, 6.45) is 0.292. The highest BCUT2D eigenvalue weighted by molar-refractivity contribution is 7.92. The lowest BCUT2D eigenvalue weighted by atomic mass is 10.1. The van der Waals surface area contributed by atoms with Crippen LogP contribution in [0.15, 0.2) is 77.7 Å². The van der Waals surface area contributed by atoms with Gasteiger partial charge in [0.05, 0.1) is 10.6 Å². The average molecular weight is 560 g/mol. The largest absolute Gasteiger partial charge is 0.355 e. The molecule has 0 aliphatic rings. The third-order valence-corrected chi connectivity index (χ3v) is 8.25. The number of hydrogen-bond donors (Lipinski definition) is 1. The van der Waals surface area contributed by atoms with Crippen molar-refractivity contribution in [3.05, 3.63) is 94.8 Å². The Morgan fingerprint density at radius 1 is 1.00 bits per heavy atom. The standard InChI is InChI=1S/C28H31ClFN3O4S/c1-4-26(28(35)31-5-2)32(18-21-12-14-22(30)15-13-21)27(34)19-33(23-16-11-20(3)25(29)17-23)38(36,37)24-9-7-6-8-10-24/h6-17,26H,4-5,18-19H2,1-3H3,(H,31,35)/t26-/m0/s1. The summed E-state index contributed by atoms with van der Waals surface area (Å²) in [5.74, 6) is -1.39. The van der Waals surface area contributed by atoms with Gasteiger partial charge in [-0.1, -0.05) is 54.9 Å². The van der Waals surface area contributed by atoms with Gasteiger partial charge in [-0.15, -0.1) is 0 Å². The van der Waals surface area contributed by atoms with Crippen LogP contribution in [-0.4, -0.2) is 44.3 Å². The van der Waals surface area contributed by atoms with Crippen LogP contribution in [-0.2, 0) is 26.2 Å². The van der Waals surface area contributed by atoms with E-state index in [0.717, 1.165) is 9.87 Å². The molecule has 3 rings (SSSR count). The number of nitrogens with one attached hydrogen (secondary N) is 1. The molecule has 1 N–H and O–H groups in total. The van der Waals surface area contributed by atoms with Crippen molar-refractivity contribution >= 4 is 39.1 Å². The molecule has 3 aromatic carbocycles. The maximum atomic E-state index is 13.9. The van der Waals surface area contributed by atoms with Crippen molar-refractivity contribution < 1.29 is 22.4 Å². The number of nitrogens with zero attached hydrogens (tertiary/aromatic N) is 2. The predicted octanol–water partition coefficient (Wildman–Crippen LogP) is 4.93. The molecule has 38 heavy (non-hydrogen) atoms. The molecule has 0 radical (unpaired) electrons. The van der Waals surface area contributed by atoms with Crippen molar-refractivity contribution in [1.29, 1.82) is 0 Å². The highest BCUT2D eigenvalue weighted by Gasteiger charge is 2.33. The number of rotatable bonds is 11. The topological polar surface area (TPSA) is 86.8 Å². The van der Waals surface area contributed by atoms with Gasteiger partial charge in [-0.05, 0) is 67.8 Å². The minimum atomic E-state index is -4.18. The minimum Gasteiger partial charge on any atom is -0.355 e. The van der Waals surface area contributed by atoms with E-state index in [9.17, 15) is 22.4 Å². The SMILES string of the molecule is CCNC(=O)[C@H](CC)N(Cc1ccc(F)cc1)C(=O)CN(c1ccc(C)c(Cl)c1)S(=O)(=O)c1ccccc1. The van der Waals surface area contributed by atoms with Crippen molar-refractivity contribution in [1.82, 2.24) is 10.2 Å². The Kier molecular flexibility index (Phi) is 9.88. The first-order valence-corrected chi connectivity index (χ1v) is 14.1. The van der Waals surface area contributed by atoms with Gasteiger partial charge in [-0.25, -0.2) is 12.8 Å². The van der Waals surface area contributed by atoms with Gasteiger partial charge in [0.2, 0.25) is 11.8 Å². The first-order valence-electron chi connectivity index (χ1n) is 12.2. The Balaban J connectivity index is 2.06. The molecular weight excluding hydrogens is 529 g/mol. The quantitative estimate of drug-likeness (QED) is 0.361. The predicted molar refractivity (Wildman–Crippen MR) is 147 cm³/mol. The second-order valence-corrected chi connectivity index (χ2v) is 11.0. The Hall–Kier alpha value is -3.43. The molecule has 10 heteroatoms. The number of hydrogen-bond acceptors (Lipinski definition) is 4. The summed E-state index contributed by atoms with van der Waals surface area (Å²) < 4.78 is 42.0. The first kappa shape index (κ1) is 29.1. The second kappa shape index (κ2) is 12.9. The molecule has 0 aromatic heterocycles. The van der Waals surface area contributed by atoms with Gasteiger partial charge in [0.1, 0.15) is 18.4 Å². The summed E-state index contributed by atoms with van der Waals surface area (Å²) in [5.41, 5.74) is 1.56. The van der Waals surface area contributed by atoms with Gasteiger partial charge in [0.25, 0.3) is 10.0 Å². The number of amides is 2. The fourth-order valence-electron chi connectivity index (χ4n) is 3.98. The molecule has 1 atom stereocenters. The van der Waals surface area contributed by atoms with Gasteiger partial charge in [0, 0.05) is 18.1 Å². The van der Waals surface area contributed by atoms with Crippen LogP contribution >= 0.6 is 11.6 Å². The summed E-state index contributed by atoms with van der Waals surface area (Å²) in [7, 11) is -4.18. The van der Waals surface area contributed by atoms with Crippen molar-refractivity contribution in [2.75, 3.05) is 17.4 Å². The number of likely N-dealkylation sites (N-methyl/N-ethyl adjacent to an activating group) is 1. The monoisotopic (exact) mass is 559 g/mol. The van der Waals surface area contributed by atoms with E-state index in [-0.39, 0.29) is 23.0 Å². The lowest BCUT2D eigenvalue weighted by molar-refractivity contribution is -0.140. The summed E-state index contributed by atoms with van der Waals surface area (Å²) in [6.45, 7) is 5.10.